The smallest absolute Gasteiger partial charge is 0.320 e. The lowest BCUT2D eigenvalue weighted by molar-refractivity contribution is -0.142. The fraction of sp³-hybridized carbons (Fsp3) is 0.769. The molecule has 7 nitrogen and oxygen atoms in total. The molecule has 114 valence electrons. The average molecular weight is 285 g/mol. The van der Waals surface area contributed by atoms with Crippen molar-refractivity contribution in [3.8, 4) is 0 Å². The van der Waals surface area contributed by atoms with Gasteiger partial charge in [0.2, 0.25) is 5.91 Å². The second-order valence-corrected chi connectivity index (χ2v) is 5.32. The maximum absolute atomic E-state index is 12.1. The largest absolute Gasteiger partial charge is 0.481 e. The minimum atomic E-state index is -0.879. The molecule has 7 heteroatoms. The molecule has 1 aliphatic rings. The Kier molecular flexibility index (Phi) is 5.79. The molecule has 1 saturated heterocycles. The van der Waals surface area contributed by atoms with Gasteiger partial charge in [0.1, 0.15) is 6.54 Å². The Balaban J connectivity index is 2.49. The molecule has 2 atom stereocenters. The Hall–Kier alpha value is -1.79. The van der Waals surface area contributed by atoms with Crippen molar-refractivity contribution in [1.82, 2.24) is 15.1 Å². The number of aliphatic carboxylic acids is 1. The van der Waals surface area contributed by atoms with Gasteiger partial charge in [0.05, 0.1) is 5.92 Å². The number of carbonyl (C=O) groups excluding carboxylic acids is 2. The minimum absolute atomic E-state index is 0.0124. The van der Waals surface area contributed by atoms with Gasteiger partial charge in [-0.1, -0.05) is 13.8 Å². The Morgan fingerprint density at radius 1 is 1.35 bits per heavy atom. The molecule has 1 heterocycles. The van der Waals surface area contributed by atoms with Gasteiger partial charge in [-0.3, -0.25) is 9.59 Å². The second-order valence-electron chi connectivity index (χ2n) is 5.32. The van der Waals surface area contributed by atoms with Crippen molar-refractivity contribution >= 4 is 17.9 Å². The molecule has 1 rings (SSSR count). The molecular formula is C13H23N3O4. The zero-order valence-corrected chi connectivity index (χ0v) is 12.3. The van der Waals surface area contributed by atoms with Crippen LogP contribution >= 0.6 is 0 Å². The molecule has 2 N–H and O–H groups in total. The Bertz CT molecular complexity index is 386. The molecule has 0 unspecified atom stereocenters. The van der Waals surface area contributed by atoms with Crippen molar-refractivity contribution in [3.05, 3.63) is 0 Å². The van der Waals surface area contributed by atoms with Crippen LogP contribution in [-0.4, -0.2) is 66.0 Å². The summed E-state index contributed by atoms with van der Waals surface area (Å²) < 4.78 is 0. The first kappa shape index (κ1) is 16.3. The molecule has 0 aromatic heterocycles. The van der Waals surface area contributed by atoms with Crippen molar-refractivity contribution in [3.63, 3.8) is 0 Å². The zero-order chi connectivity index (χ0) is 15.3. The normalized spacial score (nSPS) is 21.6. The van der Waals surface area contributed by atoms with Crippen molar-refractivity contribution in [2.75, 3.05) is 33.2 Å². The number of hydrogen-bond acceptors (Lipinski definition) is 3. The summed E-state index contributed by atoms with van der Waals surface area (Å²) in [6.45, 7) is 4.96. The number of likely N-dealkylation sites (N-methyl/N-ethyl adjacent to an activating group) is 1. The lowest BCUT2D eigenvalue weighted by Gasteiger charge is -2.24. The van der Waals surface area contributed by atoms with E-state index in [0.29, 0.717) is 13.1 Å². The molecule has 20 heavy (non-hydrogen) atoms. The second kappa shape index (κ2) is 7.12. The molecule has 0 saturated carbocycles. The van der Waals surface area contributed by atoms with E-state index in [4.69, 9.17) is 5.11 Å². The molecule has 0 aromatic rings. The van der Waals surface area contributed by atoms with Crippen LogP contribution in [0.5, 0.6) is 0 Å². The summed E-state index contributed by atoms with van der Waals surface area (Å²) in [4.78, 5) is 37.5. The van der Waals surface area contributed by atoms with E-state index in [1.807, 2.05) is 13.8 Å². The summed E-state index contributed by atoms with van der Waals surface area (Å²) >= 11 is 0. The highest BCUT2D eigenvalue weighted by atomic mass is 16.4. The van der Waals surface area contributed by atoms with Crippen LogP contribution in [0.25, 0.3) is 0 Å². The molecular weight excluding hydrogens is 262 g/mol. The summed E-state index contributed by atoms with van der Waals surface area (Å²) in [6.07, 6.45) is 0.841. The SMILES string of the molecule is CCCNC(=O)CN(C)C(=O)N1C[C@@H](C)[C@H](C(=O)O)C1. The summed E-state index contributed by atoms with van der Waals surface area (Å²) in [7, 11) is 1.55. The highest BCUT2D eigenvalue weighted by Crippen LogP contribution is 2.23. The number of urea groups is 1. The monoisotopic (exact) mass is 285 g/mol. The number of likely N-dealkylation sites (tertiary alicyclic amines) is 1. The molecule has 0 aliphatic carbocycles. The number of nitrogens with zero attached hydrogens (tertiary/aromatic N) is 2. The fourth-order valence-electron chi connectivity index (χ4n) is 2.29. The van der Waals surface area contributed by atoms with Crippen molar-refractivity contribution in [1.29, 1.82) is 0 Å². The van der Waals surface area contributed by atoms with E-state index >= 15 is 0 Å². The summed E-state index contributed by atoms with van der Waals surface area (Å²) in [5, 5.41) is 11.7. The highest BCUT2D eigenvalue weighted by Gasteiger charge is 2.37. The third kappa shape index (κ3) is 4.11. The number of nitrogens with one attached hydrogen (secondary N) is 1. The van der Waals surface area contributed by atoms with Gasteiger partial charge in [-0.2, -0.15) is 0 Å². The van der Waals surface area contributed by atoms with Crippen molar-refractivity contribution in [2.24, 2.45) is 11.8 Å². The first-order chi connectivity index (χ1) is 9.36. The topological polar surface area (TPSA) is 90.0 Å². The number of rotatable bonds is 5. The molecule has 1 fully saturated rings. The van der Waals surface area contributed by atoms with Gasteiger partial charge in [-0.05, 0) is 12.3 Å². The van der Waals surface area contributed by atoms with E-state index in [0.717, 1.165) is 6.42 Å². The van der Waals surface area contributed by atoms with Gasteiger partial charge in [-0.15, -0.1) is 0 Å². The predicted molar refractivity (Wildman–Crippen MR) is 73.2 cm³/mol. The summed E-state index contributed by atoms with van der Waals surface area (Å²) in [6, 6.07) is -0.299. The average Bonchev–Trinajstić information content (AvgIpc) is 2.77. The third-order valence-corrected chi connectivity index (χ3v) is 3.48. The van der Waals surface area contributed by atoms with Gasteiger partial charge in [0, 0.05) is 26.7 Å². The molecule has 0 spiro atoms. The van der Waals surface area contributed by atoms with Gasteiger partial charge >= 0.3 is 12.0 Å². The van der Waals surface area contributed by atoms with Crippen LogP contribution in [0.15, 0.2) is 0 Å². The van der Waals surface area contributed by atoms with Gasteiger partial charge in [0.15, 0.2) is 0 Å². The van der Waals surface area contributed by atoms with E-state index in [1.54, 1.807) is 7.05 Å². The molecule has 0 bridgehead atoms. The quantitative estimate of drug-likeness (QED) is 0.756. The lowest BCUT2D eigenvalue weighted by Crippen LogP contribution is -2.45. The fourth-order valence-corrected chi connectivity index (χ4v) is 2.29. The molecule has 0 aromatic carbocycles. The maximum atomic E-state index is 12.1. The van der Waals surface area contributed by atoms with E-state index in [-0.39, 0.29) is 30.9 Å². The number of carboxylic acids is 1. The lowest BCUT2D eigenvalue weighted by atomic mass is 9.99. The standard InChI is InChI=1S/C13H23N3O4/c1-4-5-14-11(17)8-15(3)13(20)16-6-9(2)10(7-16)12(18)19/h9-10H,4-8H2,1-3H3,(H,14,17)(H,18,19)/t9-,10-/m1/s1. The molecule has 3 amide bonds. The van der Waals surface area contributed by atoms with Gasteiger partial charge in [-0.25, -0.2) is 4.79 Å². The minimum Gasteiger partial charge on any atom is -0.481 e. The Labute approximate surface area is 118 Å². The zero-order valence-electron chi connectivity index (χ0n) is 12.3. The highest BCUT2D eigenvalue weighted by molar-refractivity contribution is 5.84. The van der Waals surface area contributed by atoms with E-state index in [1.165, 1.54) is 9.80 Å². The summed E-state index contributed by atoms with van der Waals surface area (Å²) in [5.74, 6) is -1.68. The Morgan fingerprint density at radius 3 is 2.50 bits per heavy atom. The first-order valence-electron chi connectivity index (χ1n) is 6.86. The number of hydrogen-bond donors (Lipinski definition) is 2. The third-order valence-electron chi connectivity index (χ3n) is 3.48. The van der Waals surface area contributed by atoms with Crippen LogP contribution in [-0.2, 0) is 9.59 Å². The van der Waals surface area contributed by atoms with Crippen LogP contribution in [0.3, 0.4) is 0 Å². The van der Waals surface area contributed by atoms with Crippen LogP contribution < -0.4 is 5.32 Å². The van der Waals surface area contributed by atoms with E-state index in [2.05, 4.69) is 5.32 Å². The maximum Gasteiger partial charge on any atom is 0.320 e. The number of carboxylic acid groups (broad SMARTS) is 1. The van der Waals surface area contributed by atoms with Crippen LogP contribution in [0.4, 0.5) is 4.79 Å². The Morgan fingerprint density at radius 2 is 2.00 bits per heavy atom. The molecule has 1 aliphatic heterocycles. The number of amides is 3. The van der Waals surface area contributed by atoms with Gasteiger partial charge < -0.3 is 20.2 Å². The predicted octanol–water partition coefficient (Wildman–Crippen LogP) is 0.217. The summed E-state index contributed by atoms with van der Waals surface area (Å²) in [5.41, 5.74) is 0. The number of carbonyl (C=O) groups is 3. The van der Waals surface area contributed by atoms with Crippen LogP contribution in [0, 0.1) is 11.8 Å². The van der Waals surface area contributed by atoms with Crippen LogP contribution in [0.2, 0.25) is 0 Å². The van der Waals surface area contributed by atoms with Crippen molar-refractivity contribution < 1.29 is 19.5 Å². The van der Waals surface area contributed by atoms with Crippen molar-refractivity contribution in [2.45, 2.75) is 20.3 Å². The molecule has 0 radical (unpaired) electrons. The van der Waals surface area contributed by atoms with Gasteiger partial charge in [0.25, 0.3) is 0 Å². The van der Waals surface area contributed by atoms with Crippen LogP contribution in [0.1, 0.15) is 20.3 Å². The van der Waals surface area contributed by atoms with E-state index in [9.17, 15) is 14.4 Å². The van der Waals surface area contributed by atoms with E-state index < -0.39 is 11.9 Å². The first-order valence-corrected chi connectivity index (χ1v) is 6.86.